The van der Waals surface area contributed by atoms with E-state index in [0.29, 0.717) is 12.0 Å². The normalized spacial score (nSPS) is 10.3. The summed E-state index contributed by atoms with van der Waals surface area (Å²) in [6.45, 7) is 4.02. The summed E-state index contributed by atoms with van der Waals surface area (Å²) in [4.78, 5) is 14.8. The van der Waals surface area contributed by atoms with Crippen molar-refractivity contribution in [2.75, 3.05) is 0 Å². The fourth-order valence-electron chi connectivity index (χ4n) is 1.62. The molecule has 3 nitrogen and oxygen atoms in total. The highest BCUT2D eigenvalue weighted by molar-refractivity contribution is 5.83. The monoisotopic (exact) mass is 201 g/mol. The molecule has 0 radical (unpaired) electrons. The maximum Gasteiger partial charge on any atom is 0.194 e. The number of oxazole rings is 1. The van der Waals surface area contributed by atoms with Gasteiger partial charge in [0.25, 0.3) is 0 Å². The van der Waals surface area contributed by atoms with E-state index in [2.05, 4.69) is 11.1 Å². The van der Waals surface area contributed by atoms with E-state index in [1.807, 2.05) is 26.0 Å². The van der Waals surface area contributed by atoms with Gasteiger partial charge in [0.2, 0.25) is 0 Å². The average molecular weight is 201 g/mol. The highest BCUT2D eigenvalue weighted by Gasteiger charge is 2.11. The van der Waals surface area contributed by atoms with Crippen LogP contribution in [0.4, 0.5) is 0 Å². The topological polar surface area (TPSA) is 43.1 Å². The van der Waals surface area contributed by atoms with Crippen molar-refractivity contribution in [2.24, 2.45) is 0 Å². The molecule has 1 aromatic heterocycles. The lowest BCUT2D eigenvalue weighted by Gasteiger charge is -2.03. The molecule has 0 unspecified atom stereocenters. The third-order valence-corrected chi connectivity index (χ3v) is 2.34. The van der Waals surface area contributed by atoms with Gasteiger partial charge in [-0.15, -0.1) is 0 Å². The molecule has 0 bridgehead atoms. The zero-order valence-corrected chi connectivity index (χ0v) is 8.65. The van der Waals surface area contributed by atoms with Crippen LogP contribution in [0.1, 0.15) is 21.7 Å². The summed E-state index contributed by atoms with van der Waals surface area (Å²) >= 11 is 0. The molecule has 0 aliphatic rings. The first-order valence-corrected chi connectivity index (χ1v) is 4.68. The second-order valence-corrected chi connectivity index (χ2v) is 3.50. The van der Waals surface area contributed by atoms with Crippen molar-refractivity contribution in [1.29, 1.82) is 0 Å². The summed E-state index contributed by atoms with van der Waals surface area (Å²) in [7, 11) is 0. The molecule has 3 heteroatoms. The predicted octanol–water partition coefficient (Wildman–Crippen LogP) is 2.77. The van der Waals surface area contributed by atoms with Crippen LogP contribution in [-0.2, 0) is 0 Å². The molecular formula is C12H11NO2. The van der Waals surface area contributed by atoms with Gasteiger partial charge in [0.15, 0.2) is 18.4 Å². The fraction of sp³-hybridized carbons (Fsp3) is 0.167. The molecular weight excluding hydrogens is 190 g/mol. The summed E-state index contributed by atoms with van der Waals surface area (Å²) in [5.41, 5.74) is 3.83. The molecule has 0 aliphatic heterocycles. The van der Waals surface area contributed by atoms with Crippen molar-refractivity contribution in [3.05, 3.63) is 41.5 Å². The molecule has 0 fully saturated rings. The van der Waals surface area contributed by atoms with Crippen molar-refractivity contribution in [3.8, 4) is 11.3 Å². The number of aryl methyl sites for hydroxylation is 2. The number of aldehydes is 1. The Kier molecular flexibility index (Phi) is 2.37. The Bertz CT molecular complexity index is 500. The van der Waals surface area contributed by atoms with E-state index in [0.717, 1.165) is 11.1 Å². The maximum atomic E-state index is 10.7. The number of carbonyl (C=O) groups is 1. The first-order chi connectivity index (χ1) is 7.22. The van der Waals surface area contributed by atoms with Gasteiger partial charge in [-0.25, -0.2) is 4.98 Å². The molecule has 0 spiro atoms. The van der Waals surface area contributed by atoms with E-state index in [1.165, 1.54) is 12.0 Å². The first-order valence-electron chi connectivity index (χ1n) is 4.68. The van der Waals surface area contributed by atoms with Crippen molar-refractivity contribution >= 4 is 6.29 Å². The molecule has 1 aromatic carbocycles. The summed E-state index contributed by atoms with van der Waals surface area (Å²) < 4.78 is 4.97. The van der Waals surface area contributed by atoms with Gasteiger partial charge in [0.05, 0.1) is 0 Å². The van der Waals surface area contributed by atoms with Crippen LogP contribution in [0.15, 0.2) is 29.0 Å². The molecule has 0 saturated heterocycles. The van der Waals surface area contributed by atoms with Crippen LogP contribution in [0.2, 0.25) is 0 Å². The molecule has 76 valence electrons. The largest absolute Gasteiger partial charge is 0.440 e. The van der Waals surface area contributed by atoms with Gasteiger partial charge in [-0.3, -0.25) is 4.79 Å². The van der Waals surface area contributed by atoms with Gasteiger partial charge in [-0.1, -0.05) is 23.8 Å². The van der Waals surface area contributed by atoms with Crippen molar-refractivity contribution in [2.45, 2.75) is 13.8 Å². The number of carbonyl (C=O) groups excluding carboxylic acids is 1. The van der Waals surface area contributed by atoms with E-state index in [1.54, 1.807) is 0 Å². The van der Waals surface area contributed by atoms with Crippen molar-refractivity contribution in [3.63, 3.8) is 0 Å². The van der Waals surface area contributed by atoms with E-state index < -0.39 is 0 Å². The third-order valence-electron chi connectivity index (χ3n) is 2.34. The first kappa shape index (κ1) is 9.65. The number of hydrogen-bond acceptors (Lipinski definition) is 3. The minimum Gasteiger partial charge on any atom is -0.440 e. The van der Waals surface area contributed by atoms with Crippen LogP contribution >= 0.6 is 0 Å². The number of nitrogens with zero attached hydrogens (tertiary/aromatic N) is 1. The molecule has 0 atom stereocenters. The van der Waals surface area contributed by atoms with Crippen LogP contribution in [0, 0.1) is 13.8 Å². The molecule has 1 heterocycles. The van der Waals surface area contributed by atoms with Crippen LogP contribution in [-0.4, -0.2) is 11.3 Å². The SMILES string of the molecule is Cc1ccc(-c2ncoc2C=O)c(C)c1. The quantitative estimate of drug-likeness (QED) is 0.701. The van der Waals surface area contributed by atoms with Gasteiger partial charge in [0.1, 0.15) is 5.69 Å². The van der Waals surface area contributed by atoms with Gasteiger partial charge in [-0.05, 0) is 19.4 Å². The number of hydrogen-bond donors (Lipinski definition) is 0. The summed E-state index contributed by atoms with van der Waals surface area (Å²) in [5, 5.41) is 0. The standard InChI is InChI=1S/C12H11NO2/c1-8-3-4-10(9(2)5-8)12-11(6-14)15-7-13-12/h3-7H,1-2H3. The van der Waals surface area contributed by atoms with Crippen LogP contribution < -0.4 is 0 Å². The summed E-state index contributed by atoms with van der Waals surface area (Å²) in [6.07, 6.45) is 1.97. The second-order valence-electron chi connectivity index (χ2n) is 3.50. The summed E-state index contributed by atoms with van der Waals surface area (Å²) in [6, 6.07) is 6.00. The average Bonchev–Trinajstić information content (AvgIpc) is 2.65. The van der Waals surface area contributed by atoms with Crippen LogP contribution in [0.25, 0.3) is 11.3 Å². The lowest BCUT2D eigenvalue weighted by molar-refractivity contribution is 0.110. The van der Waals surface area contributed by atoms with Crippen molar-refractivity contribution in [1.82, 2.24) is 4.98 Å². The van der Waals surface area contributed by atoms with E-state index in [-0.39, 0.29) is 5.76 Å². The Hall–Kier alpha value is -1.90. The number of benzene rings is 1. The molecule has 0 aliphatic carbocycles. The minimum absolute atomic E-state index is 0.280. The summed E-state index contributed by atoms with van der Waals surface area (Å²) in [5.74, 6) is 0.280. The highest BCUT2D eigenvalue weighted by atomic mass is 16.3. The number of rotatable bonds is 2. The fourth-order valence-corrected chi connectivity index (χ4v) is 1.62. The van der Waals surface area contributed by atoms with Gasteiger partial charge in [0, 0.05) is 5.56 Å². The Morgan fingerprint density at radius 2 is 2.13 bits per heavy atom. The molecule has 2 rings (SSSR count). The lowest BCUT2D eigenvalue weighted by Crippen LogP contribution is -1.88. The third kappa shape index (κ3) is 1.68. The van der Waals surface area contributed by atoms with E-state index >= 15 is 0 Å². The Morgan fingerprint density at radius 1 is 1.33 bits per heavy atom. The maximum absolute atomic E-state index is 10.7. The van der Waals surface area contributed by atoms with E-state index in [4.69, 9.17) is 4.42 Å². The molecule has 2 aromatic rings. The smallest absolute Gasteiger partial charge is 0.194 e. The van der Waals surface area contributed by atoms with Gasteiger partial charge < -0.3 is 4.42 Å². The van der Waals surface area contributed by atoms with Gasteiger partial charge in [-0.2, -0.15) is 0 Å². The zero-order valence-electron chi connectivity index (χ0n) is 8.65. The molecule has 15 heavy (non-hydrogen) atoms. The Morgan fingerprint density at radius 3 is 2.80 bits per heavy atom. The minimum atomic E-state index is 0.280. The Labute approximate surface area is 87.8 Å². The second kappa shape index (κ2) is 3.69. The highest BCUT2D eigenvalue weighted by Crippen LogP contribution is 2.25. The molecule has 0 amide bonds. The van der Waals surface area contributed by atoms with Crippen LogP contribution in [0.3, 0.4) is 0 Å². The Balaban J connectivity index is 2.59. The predicted molar refractivity (Wildman–Crippen MR) is 56.8 cm³/mol. The molecule has 0 N–H and O–H groups in total. The van der Waals surface area contributed by atoms with Gasteiger partial charge >= 0.3 is 0 Å². The zero-order chi connectivity index (χ0) is 10.8. The number of aromatic nitrogens is 1. The van der Waals surface area contributed by atoms with Crippen molar-refractivity contribution < 1.29 is 9.21 Å². The molecule has 0 saturated carbocycles. The van der Waals surface area contributed by atoms with E-state index in [9.17, 15) is 4.79 Å². The van der Waals surface area contributed by atoms with Crippen LogP contribution in [0.5, 0.6) is 0 Å². The lowest BCUT2D eigenvalue weighted by atomic mass is 10.0.